The van der Waals surface area contributed by atoms with Gasteiger partial charge in [0, 0.05) is 11.6 Å². The zero-order chi connectivity index (χ0) is 13.8. The minimum atomic E-state index is -0.635. The number of nitrogens with one attached hydrogen (secondary N) is 1. The summed E-state index contributed by atoms with van der Waals surface area (Å²) < 4.78 is 0. The highest BCUT2D eigenvalue weighted by molar-refractivity contribution is 6.30. The number of benzene rings is 1. The normalized spacial score (nSPS) is 13.2. The molecule has 3 nitrogen and oxygen atoms in total. The molecule has 1 unspecified atom stereocenters. The molecule has 1 aromatic carbocycles. The Kier molecular flexibility index (Phi) is 5.17. The number of hydrogen-bond acceptors (Lipinski definition) is 2. The van der Waals surface area contributed by atoms with Crippen molar-refractivity contribution in [3.63, 3.8) is 0 Å². The van der Waals surface area contributed by atoms with Gasteiger partial charge in [-0.25, -0.2) is 0 Å². The summed E-state index contributed by atoms with van der Waals surface area (Å²) in [6.07, 6.45) is 0.150. The van der Waals surface area contributed by atoms with E-state index in [-0.39, 0.29) is 5.91 Å². The van der Waals surface area contributed by atoms with Gasteiger partial charge in [-0.3, -0.25) is 4.79 Å². The maximum atomic E-state index is 12.1. The number of carbonyl (C=O) groups excluding carboxylic acids is 1. The number of hydrogen-bond donors (Lipinski definition) is 2. The quantitative estimate of drug-likeness (QED) is 0.863. The summed E-state index contributed by atoms with van der Waals surface area (Å²) in [6, 6.07) is 7.31. The largest absolute Gasteiger partial charge is 0.393 e. The molecule has 2 N–H and O–H groups in total. The third-order valence-electron chi connectivity index (χ3n) is 2.96. The van der Waals surface area contributed by atoms with Crippen LogP contribution in [0, 0.1) is 0 Å². The third kappa shape index (κ3) is 4.00. The van der Waals surface area contributed by atoms with Gasteiger partial charge in [-0.15, -0.1) is 0 Å². The predicted molar refractivity (Wildman–Crippen MR) is 73.8 cm³/mol. The van der Waals surface area contributed by atoms with E-state index in [1.165, 1.54) is 0 Å². The summed E-state index contributed by atoms with van der Waals surface area (Å²) in [5.41, 5.74) is 0.244. The van der Waals surface area contributed by atoms with Crippen LogP contribution in [0.1, 0.15) is 32.8 Å². The van der Waals surface area contributed by atoms with Gasteiger partial charge in [0.05, 0.1) is 11.5 Å². The van der Waals surface area contributed by atoms with Crippen molar-refractivity contribution in [2.45, 2.75) is 38.7 Å². The van der Waals surface area contributed by atoms with Crippen LogP contribution in [-0.2, 0) is 10.2 Å². The summed E-state index contributed by atoms with van der Waals surface area (Å²) in [4.78, 5) is 12.1. The molecule has 0 saturated heterocycles. The molecule has 1 atom stereocenters. The monoisotopic (exact) mass is 269 g/mol. The van der Waals surface area contributed by atoms with E-state index in [9.17, 15) is 4.79 Å². The lowest BCUT2D eigenvalue weighted by molar-refractivity contribution is -0.125. The molecule has 0 aliphatic rings. The second-order valence-corrected chi connectivity index (χ2v) is 5.47. The average Bonchev–Trinajstić information content (AvgIpc) is 2.28. The summed E-state index contributed by atoms with van der Waals surface area (Å²) in [5, 5.41) is 12.6. The van der Waals surface area contributed by atoms with Crippen LogP contribution in [0.2, 0.25) is 5.02 Å². The van der Waals surface area contributed by atoms with Gasteiger partial charge in [0.2, 0.25) is 5.91 Å². The summed E-state index contributed by atoms with van der Waals surface area (Å²) in [7, 11) is 0. The first-order valence-corrected chi connectivity index (χ1v) is 6.44. The average molecular weight is 270 g/mol. The van der Waals surface area contributed by atoms with Gasteiger partial charge in [-0.1, -0.05) is 23.7 Å². The lowest BCUT2D eigenvalue weighted by atomic mass is 9.83. The van der Waals surface area contributed by atoms with Gasteiger partial charge in [0.25, 0.3) is 0 Å². The number of rotatable bonds is 5. The first-order valence-electron chi connectivity index (χ1n) is 6.06. The van der Waals surface area contributed by atoms with Crippen LogP contribution < -0.4 is 5.32 Å². The van der Waals surface area contributed by atoms with Crippen molar-refractivity contribution in [2.24, 2.45) is 0 Å². The molecule has 1 aromatic rings. The van der Waals surface area contributed by atoms with Crippen LogP contribution in [-0.4, -0.2) is 23.7 Å². The van der Waals surface area contributed by atoms with Crippen LogP contribution >= 0.6 is 11.6 Å². The number of aliphatic hydroxyl groups excluding tert-OH is 1. The van der Waals surface area contributed by atoms with Gasteiger partial charge >= 0.3 is 0 Å². The highest BCUT2D eigenvalue weighted by Gasteiger charge is 2.29. The molecule has 18 heavy (non-hydrogen) atoms. The predicted octanol–water partition coefficient (Wildman–Crippen LogP) is 2.50. The fourth-order valence-electron chi connectivity index (χ4n) is 1.62. The molecular formula is C14H20ClNO2. The van der Waals surface area contributed by atoms with Gasteiger partial charge in [-0.05, 0) is 44.9 Å². The minimum absolute atomic E-state index is 0.0644. The van der Waals surface area contributed by atoms with Crippen molar-refractivity contribution >= 4 is 17.5 Å². The summed E-state index contributed by atoms with van der Waals surface area (Å²) in [6.45, 7) is 5.89. The van der Waals surface area contributed by atoms with Crippen molar-refractivity contribution < 1.29 is 9.90 Å². The minimum Gasteiger partial charge on any atom is -0.393 e. The maximum Gasteiger partial charge on any atom is 0.230 e. The van der Waals surface area contributed by atoms with Gasteiger partial charge in [0.15, 0.2) is 0 Å². The molecule has 1 amide bonds. The molecule has 0 bridgehead atoms. The Morgan fingerprint density at radius 2 is 2.17 bits per heavy atom. The van der Waals surface area contributed by atoms with Crippen molar-refractivity contribution in [1.82, 2.24) is 5.32 Å². The zero-order valence-corrected chi connectivity index (χ0v) is 11.8. The lowest BCUT2D eigenvalue weighted by Crippen LogP contribution is -2.41. The summed E-state index contributed by atoms with van der Waals surface area (Å²) >= 11 is 5.94. The molecule has 4 heteroatoms. The highest BCUT2D eigenvalue weighted by atomic mass is 35.5. The maximum absolute atomic E-state index is 12.1. The molecule has 0 aliphatic carbocycles. The van der Waals surface area contributed by atoms with E-state index < -0.39 is 11.5 Å². The lowest BCUT2D eigenvalue weighted by Gasteiger charge is -2.24. The zero-order valence-electron chi connectivity index (χ0n) is 11.0. The SMILES string of the molecule is CC(O)CCNC(=O)C(C)(C)c1cccc(Cl)c1. The molecule has 0 aliphatic heterocycles. The molecule has 0 radical (unpaired) electrons. The fraction of sp³-hybridized carbons (Fsp3) is 0.500. The van der Waals surface area contributed by atoms with Crippen molar-refractivity contribution in [1.29, 1.82) is 0 Å². The second-order valence-electron chi connectivity index (χ2n) is 5.03. The van der Waals surface area contributed by atoms with Crippen LogP contribution in [0.4, 0.5) is 0 Å². The van der Waals surface area contributed by atoms with Crippen molar-refractivity contribution in [2.75, 3.05) is 6.54 Å². The molecule has 0 fully saturated rings. The fourth-order valence-corrected chi connectivity index (χ4v) is 1.81. The van der Waals surface area contributed by atoms with Crippen molar-refractivity contribution in [3.8, 4) is 0 Å². The molecule has 100 valence electrons. The molecule has 0 aromatic heterocycles. The van der Waals surface area contributed by atoms with Crippen molar-refractivity contribution in [3.05, 3.63) is 34.9 Å². The second kappa shape index (κ2) is 6.21. The Morgan fingerprint density at radius 1 is 1.50 bits per heavy atom. The number of aliphatic hydroxyl groups is 1. The smallest absolute Gasteiger partial charge is 0.230 e. The van der Waals surface area contributed by atoms with E-state index in [1.807, 2.05) is 26.0 Å². The van der Waals surface area contributed by atoms with E-state index in [1.54, 1.807) is 19.1 Å². The Bertz CT molecular complexity index is 416. The van der Waals surface area contributed by atoms with E-state index >= 15 is 0 Å². The summed E-state index contributed by atoms with van der Waals surface area (Å²) in [5.74, 6) is -0.0644. The molecule has 1 rings (SSSR count). The number of carbonyl (C=O) groups is 1. The molecule has 0 heterocycles. The molecular weight excluding hydrogens is 250 g/mol. The third-order valence-corrected chi connectivity index (χ3v) is 3.20. The Balaban J connectivity index is 2.70. The number of halogens is 1. The van der Waals surface area contributed by atoms with Gasteiger partial charge < -0.3 is 10.4 Å². The van der Waals surface area contributed by atoms with Crippen LogP contribution in [0.5, 0.6) is 0 Å². The highest BCUT2D eigenvalue weighted by Crippen LogP contribution is 2.25. The topological polar surface area (TPSA) is 49.3 Å². The Morgan fingerprint density at radius 3 is 2.72 bits per heavy atom. The van der Waals surface area contributed by atoms with E-state index in [2.05, 4.69) is 5.32 Å². The first-order chi connectivity index (χ1) is 8.34. The first kappa shape index (κ1) is 15.0. The van der Waals surface area contributed by atoms with Crippen LogP contribution in [0.25, 0.3) is 0 Å². The standard InChI is InChI=1S/C14H20ClNO2/c1-10(17)7-8-16-13(18)14(2,3)11-5-4-6-12(15)9-11/h4-6,9-10,17H,7-8H2,1-3H3,(H,16,18). The van der Waals surface area contributed by atoms with E-state index in [0.717, 1.165) is 5.56 Å². The van der Waals surface area contributed by atoms with Crippen LogP contribution in [0.3, 0.4) is 0 Å². The molecule has 0 spiro atoms. The number of amides is 1. The Hall–Kier alpha value is -1.06. The van der Waals surface area contributed by atoms with Crippen LogP contribution in [0.15, 0.2) is 24.3 Å². The van der Waals surface area contributed by atoms with E-state index in [4.69, 9.17) is 16.7 Å². The molecule has 0 saturated carbocycles. The van der Waals surface area contributed by atoms with Gasteiger partial charge in [0.1, 0.15) is 0 Å². The van der Waals surface area contributed by atoms with Gasteiger partial charge in [-0.2, -0.15) is 0 Å². The Labute approximate surface area is 113 Å². The van der Waals surface area contributed by atoms with E-state index in [0.29, 0.717) is 18.0 Å².